The van der Waals surface area contributed by atoms with Gasteiger partial charge in [0.05, 0.1) is 0 Å². The van der Waals surface area contributed by atoms with Crippen LogP contribution in [0.1, 0.15) is 15.9 Å². The van der Waals surface area contributed by atoms with E-state index in [1.54, 1.807) is 36.4 Å². The molecular weight excluding hydrogens is 274 g/mol. The van der Waals surface area contributed by atoms with Crippen molar-refractivity contribution in [1.82, 2.24) is 0 Å². The van der Waals surface area contributed by atoms with Gasteiger partial charge in [0.1, 0.15) is 5.75 Å². The van der Waals surface area contributed by atoms with Crippen LogP contribution in [0, 0.1) is 0 Å². The van der Waals surface area contributed by atoms with Crippen LogP contribution in [0.4, 0.5) is 11.4 Å². The van der Waals surface area contributed by atoms with E-state index in [1.165, 1.54) is 0 Å². The van der Waals surface area contributed by atoms with Gasteiger partial charge < -0.3 is 10.4 Å². The van der Waals surface area contributed by atoms with Gasteiger partial charge in [0.25, 0.3) is 0 Å². The molecule has 22 heavy (non-hydrogen) atoms. The molecule has 0 heterocycles. The fourth-order valence-electron chi connectivity index (χ4n) is 2.17. The highest BCUT2D eigenvalue weighted by atomic mass is 16.3. The number of carbonyl (C=O) groups excluding carboxylic acids is 1. The van der Waals surface area contributed by atoms with E-state index in [2.05, 4.69) is 5.32 Å². The zero-order valence-corrected chi connectivity index (χ0v) is 11.9. The van der Waals surface area contributed by atoms with Crippen LogP contribution < -0.4 is 5.32 Å². The molecule has 3 heteroatoms. The summed E-state index contributed by atoms with van der Waals surface area (Å²) in [5, 5.41) is 12.5. The molecule has 0 atom stereocenters. The number of phenolic OH excluding ortho intramolecular Hbond substituents is 1. The van der Waals surface area contributed by atoms with Gasteiger partial charge >= 0.3 is 0 Å². The minimum absolute atomic E-state index is 0.0109. The molecule has 0 saturated heterocycles. The zero-order chi connectivity index (χ0) is 15.4. The Labute approximate surface area is 128 Å². The SMILES string of the molecule is O=C(c1ccccc1)c1ccc(Nc2ccc(O)cc2)cc1. The third-order valence-corrected chi connectivity index (χ3v) is 3.34. The maximum absolute atomic E-state index is 12.3. The van der Waals surface area contributed by atoms with E-state index in [9.17, 15) is 9.90 Å². The molecule has 0 amide bonds. The van der Waals surface area contributed by atoms with Crippen LogP contribution in [0.2, 0.25) is 0 Å². The average Bonchev–Trinajstić information content (AvgIpc) is 2.58. The number of hydrogen-bond donors (Lipinski definition) is 2. The molecule has 0 aliphatic heterocycles. The van der Waals surface area contributed by atoms with Crippen molar-refractivity contribution in [1.29, 1.82) is 0 Å². The van der Waals surface area contributed by atoms with Gasteiger partial charge in [-0.05, 0) is 48.5 Å². The second-order valence-electron chi connectivity index (χ2n) is 4.94. The Morgan fingerprint density at radius 3 is 1.77 bits per heavy atom. The summed E-state index contributed by atoms with van der Waals surface area (Å²) in [4.78, 5) is 12.3. The highest BCUT2D eigenvalue weighted by Crippen LogP contribution is 2.20. The van der Waals surface area contributed by atoms with Crippen molar-refractivity contribution in [2.45, 2.75) is 0 Å². The molecule has 0 aliphatic rings. The largest absolute Gasteiger partial charge is 0.508 e. The predicted molar refractivity (Wildman–Crippen MR) is 87.7 cm³/mol. The van der Waals surface area contributed by atoms with E-state index < -0.39 is 0 Å². The van der Waals surface area contributed by atoms with Gasteiger partial charge in [-0.15, -0.1) is 0 Å². The maximum atomic E-state index is 12.3. The van der Waals surface area contributed by atoms with E-state index in [0.29, 0.717) is 11.1 Å². The van der Waals surface area contributed by atoms with Gasteiger partial charge in [-0.25, -0.2) is 0 Å². The van der Waals surface area contributed by atoms with E-state index in [0.717, 1.165) is 11.4 Å². The number of aromatic hydroxyl groups is 1. The quantitative estimate of drug-likeness (QED) is 0.554. The van der Waals surface area contributed by atoms with Crippen molar-refractivity contribution in [3.8, 4) is 5.75 Å². The van der Waals surface area contributed by atoms with Crippen molar-refractivity contribution < 1.29 is 9.90 Å². The Morgan fingerprint density at radius 1 is 0.682 bits per heavy atom. The summed E-state index contributed by atoms with van der Waals surface area (Å²) in [6.07, 6.45) is 0. The lowest BCUT2D eigenvalue weighted by Crippen LogP contribution is -2.01. The van der Waals surface area contributed by atoms with Crippen LogP contribution in [-0.2, 0) is 0 Å². The number of phenols is 1. The first-order chi connectivity index (χ1) is 10.7. The lowest BCUT2D eigenvalue weighted by atomic mass is 10.0. The first kappa shape index (κ1) is 13.9. The minimum atomic E-state index is 0.0109. The molecule has 0 spiro atoms. The molecule has 0 aliphatic carbocycles. The van der Waals surface area contributed by atoms with Crippen molar-refractivity contribution in [2.75, 3.05) is 5.32 Å². The number of ketones is 1. The van der Waals surface area contributed by atoms with Gasteiger partial charge in [-0.2, -0.15) is 0 Å². The minimum Gasteiger partial charge on any atom is -0.508 e. The lowest BCUT2D eigenvalue weighted by molar-refractivity contribution is 0.103. The molecular formula is C19H15NO2. The summed E-state index contributed by atoms with van der Waals surface area (Å²) in [6, 6.07) is 23.4. The number of hydrogen-bond acceptors (Lipinski definition) is 3. The third-order valence-electron chi connectivity index (χ3n) is 3.34. The predicted octanol–water partition coefficient (Wildman–Crippen LogP) is 4.37. The molecule has 0 fully saturated rings. The van der Waals surface area contributed by atoms with Gasteiger partial charge in [0.2, 0.25) is 0 Å². The summed E-state index contributed by atoms with van der Waals surface area (Å²) >= 11 is 0. The van der Waals surface area contributed by atoms with E-state index >= 15 is 0 Å². The summed E-state index contributed by atoms with van der Waals surface area (Å²) < 4.78 is 0. The normalized spacial score (nSPS) is 10.2. The molecule has 3 aromatic rings. The highest BCUT2D eigenvalue weighted by molar-refractivity contribution is 6.09. The van der Waals surface area contributed by atoms with Crippen LogP contribution in [-0.4, -0.2) is 10.9 Å². The van der Waals surface area contributed by atoms with Gasteiger partial charge in [-0.3, -0.25) is 4.79 Å². The number of carbonyl (C=O) groups is 1. The van der Waals surface area contributed by atoms with Crippen LogP contribution in [0.25, 0.3) is 0 Å². The lowest BCUT2D eigenvalue weighted by Gasteiger charge is -2.07. The number of nitrogens with one attached hydrogen (secondary N) is 1. The first-order valence-electron chi connectivity index (χ1n) is 6.98. The summed E-state index contributed by atoms with van der Waals surface area (Å²) in [6.45, 7) is 0. The smallest absolute Gasteiger partial charge is 0.193 e. The second-order valence-corrected chi connectivity index (χ2v) is 4.94. The van der Waals surface area contributed by atoms with Crippen molar-refractivity contribution in [2.24, 2.45) is 0 Å². The van der Waals surface area contributed by atoms with Crippen molar-refractivity contribution in [3.05, 3.63) is 90.0 Å². The Bertz CT molecular complexity index is 763. The molecule has 2 N–H and O–H groups in total. The Balaban J connectivity index is 1.75. The Kier molecular flexibility index (Phi) is 3.88. The van der Waals surface area contributed by atoms with E-state index in [1.807, 2.05) is 42.5 Å². The van der Waals surface area contributed by atoms with Gasteiger partial charge in [0, 0.05) is 22.5 Å². The Morgan fingerprint density at radius 2 is 1.18 bits per heavy atom. The fourth-order valence-corrected chi connectivity index (χ4v) is 2.17. The molecule has 0 radical (unpaired) electrons. The number of benzene rings is 3. The molecule has 0 aromatic heterocycles. The molecule has 3 nitrogen and oxygen atoms in total. The van der Waals surface area contributed by atoms with Crippen LogP contribution in [0.15, 0.2) is 78.9 Å². The van der Waals surface area contributed by atoms with Crippen molar-refractivity contribution in [3.63, 3.8) is 0 Å². The molecule has 0 bridgehead atoms. The number of anilines is 2. The monoisotopic (exact) mass is 289 g/mol. The summed E-state index contributed by atoms with van der Waals surface area (Å²) in [5.41, 5.74) is 3.10. The Hall–Kier alpha value is -3.07. The fraction of sp³-hybridized carbons (Fsp3) is 0. The second kappa shape index (κ2) is 6.14. The van der Waals surface area contributed by atoms with Crippen LogP contribution >= 0.6 is 0 Å². The molecule has 0 unspecified atom stereocenters. The standard InChI is InChI=1S/C19H15NO2/c21-18-12-10-17(11-13-18)20-16-8-6-15(7-9-16)19(22)14-4-2-1-3-5-14/h1-13,20-21H. The topological polar surface area (TPSA) is 49.3 Å². The van der Waals surface area contributed by atoms with Crippen molar-refractivity contribution >= 4 is 17.2 Å². The average molecular weight is 289 g/mol. The molecule has 3 rings (SSSR count). The molecule has 0 saturated carbocycles. The third kappa shape index (κ3) is 3.15. The number of rotatable bonds is 4. The first-order valence-corrected chi connectivity index (χ1v) is 6.98. The summed E-state index contributed by atoms with van der Waals surface area (Å²) in [7, 11) is 0. The van der Waals surface area contributed by atoms with Crippen LogP contribution in [0.5, 0.6) is 5.75 Å². The van der Waals surface area contributed by atoms with Crippen LogP contribution in [0.3, 0.4) is 0 Å². The maximum Gasteiger partial charge on any atom is 0.193 e. The van der Waals surface area contributed by atoms with Gasteiger partial charge in [0.15, 0.2) is 5.78 Å². The molecule has 3 aromatic carbocycles. The van der Waals surface area contributed by atoms with Gasteiger partial charge in [-0.1, -0.05) is 30.3 Å². The van der Waals surface area contributed by atoms with E-state index in [-0.39, 0.29) is 11.5 Å². The molecule has 108 valence electrons. The highest BCUT2D eigenvalue weighted by Gasteiger charge is 2.08. The summed E-state index contributed by atoms with van der Waals surface area (Å²) in [5.74, 6) is 0.242. The van der Waals surface area contributed by atoms with E-state index in [4.69, 9.17) is 0 Å². The zero-order valence-electron chi connectivity index (χ0n) is 11.9.